The third kappa shape index (κ3) is 3.46. The van der Waals surface area contributed by atoms with Gasteiger partial charge < -0.3 is 15.5 Å². The fourth-order valence-electron chi connectivity index (χ4n) is 2.57. The Morgan fingerprint density at radius 1 is 1.12 bits per heavy atom. The van der Waals surface area contributed by atoms with Crippen molar-refractivity contribution in [3.05, 3.63) is 0 Å². The molecule has 1 amide bonds. The Hall–Kier alpha value is -0.610. The Morgan fingerprint density at radius 2 is 2.00 bits per heavy atom. The molecule has 2 rings (SSSR count). The first kappa shape index (κ1) is 11.9. The van der Waals surface area contributed by atoms with Gasteiger partial charge in [0.15, 0.2) is 0 Å². The average Bonchev–Trinajstić information content (AvgIpc) is 2.59. The minimum atomic E-state index is 0.359. The van der Waals surface area contributed by atoms with E-state index < -0.39 is 0 Å². The van der Waals surface area contributed by atoms with Crippen LogP contribution in [-0.4, -0.2) is 50.1 Å². The Kier molecular flexibility index (Phi) is 4.60. The molecular formula is C12H23N3O. The third-order valence-corrected chi connectivity index (χ3v) is 3.56. The van der Waals surface area contributed by atoms with Gasteiger partial charge in [0.25, 0.3) is 0 Å². The molecule has 2 fully saturated rings. The Morgan fingerprint density at radius 3 is 2.81 bits per heavy atom. The van der Waals surface area contributed by atoms with E-state index in [-0.39, 0.29) is 0 Å². The highest BCUT2D eigenvalue weighted by atomic mass is 16.2. The van der Waals surface area contributed by atoms with Gasteiger partial charge in [0.1, 0.15) is 0 Å². The van der Waals surface area contributed by atoms with Gasteiger partial charge in [-0.15, -0.1) is 0 Å². The van der Waals surface area contributed by atoms with Crippen molar-refractivity contribution in [3.63, 3.8) is 0 Å². The molecule has 4 nitrogen and oxygen atoms in total. The summed E-state index contributed by atoms with van der Waals surface area (Å²) in [5.41, 5.74) is 0. The zero-order chi connectivity index (χ0) is 11.2. The van der Waals surface area contributed by atoms with Gasteiger partial charge in [-0.3, -0.25) is 4.79 Å². The maximum Gasteiger partial charge on any atom is 0.222 e. The summed E-state index contributed by atoms with van der Waals surface area (Å²) in [5, 5.41) is 6.70. The number of carbonyl (C=O) groups is 1. The van der Waals surface area contributed by atoms with Gasteiger partial charge in [-0.25, -0.2) is 0 Å². The second-order valence-corrected chi connectivity index (χ2v) is 4.90. The Balaban J connectivity index is 1.76. The molecule has 0 bridgehead atoms. The summed E-state index contributed by atoms with van der Waals surface area (Å²) < 4.78 is 0. The Bertz CT molecular complexity index is 218. The summed E-state index contributed by atoms with van der Waals surface area (Å²) in [6.45, 7) is 5.98. The lowest BCUT2D eigenvalue weighted by molar-refractivity contribution is -0.132. The van der Waals surface area contributed by atoms with Crippen molar-refractivity contribution in [1.82, 2.24) is 15.5 Å². The number of nitrogens with one attached hydrogen (secondary N) is 2. The molecule has 0 aliphatic carbocycles. The van der Waals surface area contributed by atoms with E-state index in [2.05, 4.69) is 10.6 Å². The lowest BCUT2D eigenvalue weighted by Crippen LogP contribution is -2.38. The quantitative estimate of drug-likeness (QED) is 0.705. The molecule has 2 heterocycles. The molecule has 16 heavy (non-hydrogen) atoms. The van der Waals surface area contributed by atoms with Crippen molar-refractivity contribution in [1.29, 1.82) is 0 Å². The number of amides is 1. The summed E-state index contributed by atoms with van der Waals surface area (Å²) in [6, 6.07) is 0. The molecule has 4 heteroatoms. The van der Waals surface area contributed by atoms with Crippen LogP contribution < -0.4 is 10.6 Å². The van der Waals surface area contributed by atoms with E-state index >= 15 is 0 Å². The molecule has 92 valence electrons. The number of rotatable bonds is 2. The molecule has 0 saturated carbocycles. The molecule has 2 saturated heterocycles. The molecule has 0 aromatic heterocycles. The van der Waals surface area contributed by atoms with Crippen molar-refractivity contribution in [2.24, 2.45) is 5.92 Å². The molecular weight excluding hydrogens is 202 g/mol. The summed E-state index contributed by atoms with van der Waals surface area (Å²) in [7, 11) is 0. The first-order valence-electron chi connectivity index (χ1n) is 6.55. The fourth-order valence-corrected chi connectivity index (χ4v) is 2.57. The normalized spacial score (nSPS) is 27.5. The Labute approximate surface area is 97.8 Å². The minimum Gasteiger partial charge on any atom is -0.341 e. The van der Waals surface area contributed by atoms with Crippen LogP contribution in [0, 0.1) is 5.92 Å². The summed E-state index contributed by atoms with van der Waals surface area (Å²) >= 11 is 0. The first-order valence-corrected chi connectivity index (χ1v) is 6.55. The second-order valence-electron chi connectivity index (χ2n) is 4.90. The van der Waals surface area contributed by atoms with Crippen LogP contribution in [0.2, 0.25) is 0 Å². The lowest BCUT2D eigenvalue weighted by Gasteiger charge is -2.26. The molecule has 1 atom stereocenters. The van der Waals surface area contributed by atoms with E-state index in [1.54, 1.807) is 0 Å². The number of piperidine rings is 1. The zero-order valence-corrected chi connectivity index (χ0v) is 10.0. The summed E-state index contributed by atoms with van der Waals surface area (Å²) in [6.07, 6.45) is 4.27. The van der Waals surface area contributed by atoms with Crippen LogP contribution in [0.25, 0.3) is 0 Å². The van der Waals surface area contributed by atoms with Gasteiger partial charge in [0.2, 0.25) is 5.91 Å². The van der Waals surface area contributed by atoms with Gasteiger partial charge in [0, 0.05) is 26.1 Å². The molecule has 0 aromatic carbocycles. The third-order valence-electron chi connectivity index (χ3n) is 3.56. The molecule has 1 unspecified atom stereocenters. The van der Waals surface area contributed by atoms with Crippen LogP contribution in [0.4, 0.5) is 0 Å². The monoisotopic (exact) mass is 225 g/mol. The number of carbonyl (C=O) groups excluding carboxylic acids is 1. The maximum absolute atomic E-state index is 12.1. The molecule has 2 aliphatic heterocycles. The van der Waals surface area contributed by atoms with Crippen molar-refractivity contribution in [2.45, 2.75) is 25.7 Å². The molecule has 0 aromatic rings. The van der Waals surface area contributed by atoms with Gasteiger partial charge in [-0.1, -0.05) is 0 Å². The van der Waals surface area contributed by atoms with Crippen molar-refractivity contribution < 1.29 is 4.79 Å². The van der Waals surface area contributed by atoms with Gasteiger partial charge in [-0.05, 0) is 44.8 Å². The van der Waals surface area contributed by atoms with Crippen LogP contribution in [0.15, 0.2) is 0 Å². The van der Waals surface area contributed by atoms with E-state index in [1.165, 1.54) is 12.8 Å². The smallest absolute Gasteiger partial charge is 0.222 e. The van der Waals surface area contributed by atoms with Gasteiger partial charge >= 0.3 is 0 Å². The molecule has 2 N–H and O–H groups in total. The van der Waals surface area contributed by atoms with E-state index in [4.69, 9.17) is 0 Å². The van der Waals surface area contributed by atoms with Crippen LogP contribution in [0.3, 0.4) is 0 Å². The predicted molar refractivity (Wildman–Crippen MR) is 64.3 cm³/mol. The SMILES string of the molecule is O=C(CC1CCCNC1)N1CCCNCC1. The highest BCUT2D eigenvalue weighted by Gasteiger charge is 2.21. The van der Waals surface area contributed by atoms with E-state index in [0.29, 0.717) is 11.8 Å². The zero-order valence-electron chi connectivity index (χ0n) is 10.0. The predicted octanol–water partition coefficient (Wildman–Crippen LogP) is 0.198. The first-order chi connectivity index (χ1) is 7.86. The summed E-state index contributed by atoms with van der Waals surface area (Å²) in [5.74, 6) is 0.926. The molecule has 0 radical (unpaired) electrons. The van der Waals surface area contributed by atoms with Crippen molar-refractivity contribution >= 4 is 5.91 Å². The van der Waals surface area contributed by atoms with Crippen LogP contribution in [0.5, 0.6) is 0 Å². The largest absolute Gasteiger partial charge is 0.341 e. The summed E-state index contributed by atoms with van der Waals surface area (Å²) in [4.78, 5) is 14.1. The van der Waals surface area contributed by atoms with Crippen molar-refractivity contribution in [2.75, 3.05) is 39.3 Å². The fraction of sp³-hybridized carbons (Fsp3) is 0.917. The van der Waals surface area contributed by atoms with Gasteiger partial charge in [0.05, 0.1) is 0 Å². The standard InChI is InChI=1S/C12H23N3O/c16-12(9-11-3-1-4-14-10-11)15-7-2-5-13-6-8-15/h11,13-14H,1-10H2. The van der Waals surface area contributed by atoms with Crippen molar-refractivity contribution in [3.8, 4) is 0 Å². The maximum atomic E-state index is 12.1. The molecule has 2 aliphatic rings. The highest BCUT2D eigenvalue weighted by molar-refractivity contribution is 5.76. The second kappa shape index (κ2) is 6.21. The lowest BCUT2D eigenvalue weighted by atomic mass is 9.95. The molecule has 0 spiro atoms. The highest BCUT2D eigenvalue weighted by Crippen LogP contribution is 2.15. The van der Waals surface area contributed by atoms with Crippen LogP contribution in [0.1, 0.15) is 25.7 Å². The number of hydrogen-bond donors (Lipinski definition) is 2. The number of hydrogen-bond acceptors (Lipinski definition) is 3. The minimum absolute atomic E-state index is 0.359. The topological polar surface area (TPSA) is 44.4 Å². The average molecular weight is 225 g/mol. The number of nitrogens with zero attached hydrogens (tertiary/aromatic N) is 1. The van der Waals surface area contributed by atoms with E-state index in [1.807, 2.05) is 4.90 Å². The van der Waals surface area contributed by atoms with E-state index in [0.717, 1.165) is 52.1 Å². The van der Waals surface area contributed by atoms with Crippen LogP contribution >= 0.6 is 0 Å². The van der Waals surface area contributed by atoms with E-state index in [9.17, 15) is 4.79 Å². The van der Waals surface area contributed by atoms with Crippen LogP contribution in [-0.2, 0) is 4.79 Å². The van der Waals surface area contributed by atoms with Gasteiger partial charge in [-0.2, -0.15) is 0 Å².